The minimum atomic E-state index is 0.620. The van der Waals surface area contributed by atoms with Crippen LogP contribution < -0.4 is 0 Å². The summed E-state index contributed by atoms with van der Waals surface area (Å²) in [6, 6.07) is 10.7. The van der Waals surface area contributed by atoms with Crippen LogP contribution in [-0.2, 0) is 6.42 Å². The third-order valence-corrected chi connectivity index (χ3v) is 4.17. The van der Waals surface area contributed by atoms with Gasteiger partial charge in [0.15, 0.2) is 0 Å². The van der Waals surface area contributed by atoms with Crippen LogP contribution in [0, 0.1) is 5.92 Å². The second kappa shape index (κ2) is 5.02. The molecule has 22 heavy (non-hydrogen) atoms. The van der Waals surface area contributed by atoms with E-state index in [4.69, 9.17) is 0 Å². The van der Waals surface area contributed by atoms with Crippen LogP contribution in [0.5, 0.6) is 0 Å². The van der Waals surface area contributed by atoms with Gasteiger partial charge in [-0.2, -0.15) is 0 Å². The van der Waals surface area contributed by atoms with Gasteiger partial charge in [0.1, 0.15) is 5.65 Å². The zero-order valence-corrected chi connectivity index (χ0v) is 12.9. The van der Waals surface area contributed by atoms with E-state index in [2.05, 4.69) is 65.3 Å². The molecular weight excluding hydrogens is 270 g/mol. The third kappa shape index (κ3) is 2.01. The molecule has 0 aliphatic rings. The summed E-state index contributed by atoms with van der Waals surface area (Å²) in [4.78, 5) is 11.1. The predicted octanol–water partition coefficient (Wildman–Crippen LogP) is 4.91. The van der Waals surface area contributed by atoms with Gasteiger partial charge in [0, 0.05) is 34.9 Å². The van der Waals surface area contributed by atoms with Gasteiger partial charge >= 0.3 is 0 Å². The molecule has 1 aromatic carbocycles. The number of nitrogens with one attached hydrogen (secondary N) is 2. The minimum Gasteiger partial charge on any atom is -0.361 e. The van der Waals surface area contributed by atoms with Crippen LogP contribution >= 0.6 is 0 Å². The van der Waals surface area contributed by atoms with Crippen LogP contribution in [0.1, 0.15) is 19.4 Å². The lowest BCUT2D eigenvalue weighted by molar-refractivity contribution is 0.650. The molecule has 3 nitrogen and oxygen atoms in total. The number of H-pyrrole nitrogens is 2. The second-order valence-corrected chi connectivity index (χ2v) is 6.24. The molecule has 3 heterocycles. The normalized spacial score (nSPS) is 11.8. The summed E-state index contributed by atoms with van der Waals surface area (Å²) in [5.41, 5.74) is 6.01. The van der Waals surface area contributed by atoms with Crippen molar-refractivity contribution in [3.8, 4) is 11.1 Å². The first kappa shape index (κ1) is 13.1. The minimum absolute atomic E-state index is 0.620. The Hall–Kier alpha value is -2.55. The van der Waals surface area contributed by atoms with Crippen molar-refractivity contribution in [2.24, 2.45) is 5.92 Å². The number of pyridine rings is 1. The van der Waals surface area contributed by atoms with Crippen molar-refractivity contribution in [1.82, 2.24) is 15.0 Å². The summed E-state index contributed by atoms with van der Waals surface area (Å²) in [6.07, 6.45) is 7.05. The number of fused-ring (bicyclic) bond motifs is 2. The average molecular weight is 289 g/mol. The van der Waals surface area contributed by atoms with Gasteiger partial charge < -0.3 is 9.97 Å². The SMILES string of the molecule is CC(C)Cc1c[nH]c2nccc(-c3cccc4[nH]ccc34)c12. The zero-order valence-electron chi connectivity index (χ0n) is 12.9. The molecule has 0 saturated carbocycles. The van der Waals surface area contributed by atoms with E-state index in [0.717, 1.165) is 12.1 Å². The largest absolute Gasteiger partial charge is 0.361 e. The van der Waals surface area contributed by atoms with Crippen LogP contribution in [0.25, 0.3) is 33.1 Å². The molecule has 0 saturated heterocycles. The summed E-state index contributed by atoms with van der Waals surface area (Å²) >= 11 is 0. The molecule has 2 N–H and O–H groups in total. The van der Waals surface area contributed by atoms with E-state index in [0.29, 0.717) is 5.92 Å². The Bertz CT molecular complexity index is 944. The Balaban J connectivity index is 2.02. The first-order valence-corrected chi connectivity index (χ1v) is 7.75. The van der Waals surface area contributed by atoms with Gasteiger partial charge in [-0.25, -0.2) is 4.98 Å². The lowest BCUT2D eigenvalue weighted by Crippen LogP contribution is -1.94. The number of aromatic nitrogens is 3. The fraction of sp³-hybridized carbons (Fsp3) is 0.211. The number of hydrogen-bond donors (Lipinski definition) is 2. The smallest absolute Gasteiger partial charge is 0.138 e. The summed E-state index contributed by atoms with van der Waals surface area (Å²) in [6.45, 7) is 4.50. The van der Waals surface area contributed by atoms with Crippen LogP contribution in [0.4, 0.5) is 0 Å². The first-order valence-electron chi connectivity index (χ1n) is 7.75. The van der Waals surface area contributed by atoms with E-state index in [9.17, 15) is 0 Å². The highest BCUT2D eigenvalue weighted by Gasteiger charge is 2.14. The third-order valence-electron chi connectivity index (χ3n) is 4.17. The Morgan fingerprint density at radius 1 is 1.05 bits per heavy atom. The van der Waals surface area contributed by atoms with Gasteiger partial charge in [-0.15, -0.1) is 0 Å². The lowest BCUT2D eigenvalue weighted by Gasteiger charge is -2.09. The molecule has 3 heteroatoms. The van der Waals surface area contributed by atoms with E-state index in [1.54, 1.807) is 0 Å². The van der Waals surface area contributed by atoms with E-state index < -0.39 is 0 Å². The summed E-state index contributed by atoms with van der Waals surface area (Å²) in [7, 11) is 0. The van der Waals surface area contributed by atoms with Gasteiger partial charge in [-0.1, -0.05) is 26.0 Å². The molecule has 0 aliphatic carbocycles. The monoisotopic (exact) mass is 289 g/mol. The highest BCUT2D eigenvalue weighted by Crippen LogP contribution is 2.35. The molecular formula is C19H19N3. The molecule has 4 rings (SSSR count). The molecule has 0 radical (unpaired) electrons. The molecule has 0 aliphatic heterocycles. The quantitative estimate of drug-likeness (QED) is 0.553. The van der Waals surface area contributed by atoms with Crippen LogP contribution in [0.15, 0.2) is 48.9 Å². The Morgan fingerprint density at radius 2 is 1.95 bits per heavy atom. The molecule has 0 unspecified atom stereocenters. The number of nitrogens with zero attached hydrogens (tertiary/aromatic N) is 1. The van der Waals surface area contributed by atoms with E-state index in [1.165, 1.54) is 33.0 Å². The van der Waals surface area contributed by atoms with Crippen molar-refractivity contribution in [3.05, 3.63) is 54.5 Å². The molecule has 0 bridgehead atoms. The fourth-order valence-electron chi connectivity index (χ4n) is 3.27. The van der Waals surface area contributed by atoms with Gasteiger partial charge in [0.25, 0.3) is 0 Å². The summed E-state index contributed by atoms with van der Waals surface area (Å²) < 4.78 is 0. The van der Waals surface area contributed by atoms with Crippen LogP contribution in [0.2, 0.25) is 0 Å². The molecule has 0 fully saturated rings. The second-order valence-electron chi connectivity index (χ2n) is 6.24. The highest BCUT2D eigenvalue weighted by atomic mass is 14.8. The van der Waals surface area contributed by atoms with E-state index >= 15 is 0 Å². The van der Waals surface area contributed by atoms with Crippen molar-refractivity contribution in [2.45, 2.75) is 20.3 Å². The van der Waals surface area contributed by atoms with Crippen LogP contribution in [0.3, 0.4) is 0 Å². The summed E-state index contributed by atoms with van der Waals surface area (Å²) in [5.74, 6) is 0.620. The van der Waals surface area contributed by atoms with Crippen molar-refractivity contribution in [3.63, 3.8) is 0 Å². The molecule has 110 valence electrons. The van der Waals surface area contributed by atoms with Gasteiger partial charge in [-0.05, 0) is 47.2 Å². The molecule has 3 aromatic heterocycles. The van der Waals surface area contributed by atoms with Crippen molar-refractivity contribution in [2.75, 3.05) is 0 Å². The number of hydrogen-bond acceptors (Lipinski definition) is 1. The first-order chi connectivity index (χ1) is 10.7. The standard InChI is InChI=1S/C19H19N3/c1-12(2)10-13-11-22-19-18(13)16(7-9-21-19)14-4-3-5-17-15(14)6-8-20-17/h3-9,11-12,20H,10H2,1-2H3,(H,21,22). The Labute approximate surface area is 129 Å². The van der Waals surface area contributed by atoms with Gasteiger partial charge in [0.2, 0.25) is 0 Å². The predicted molar refractivity (Wildman–Crippen MR) is 91.9 cm³/mol. The van der Waals surface area contributed by atoms with Gasteiger partial charge in [0.05, 0.1) is 0 Å². The maximum absolute atomic E-state index is 4.50. The summed E-state index contributed by atoms with van der Waals surface area (Å²) in [5, 5.41) is 2.51. The topological polar surface area (TPSA) is 44.5 Å². The van der Waals surface area contributed by atoms with Crippen molar-refractivity contribution < 1.29 is 0 Å². The van der Waals surface area contributed by atoms with E-state index in [1.807, 2.05) is 12.4 Å². The Morgan fingerprint density at radius 3 is 2.82 bits per heavy atom. The molecule has 0 amide bonds. The van der Waals surface area contributed by atoms with Gasteiger partial charge in [-0.3, -0.25) is 0 Å². The number of benzene rings is 1. The number of aromatic amines is 2. The van der Waals surface area contributed by atoms with Crippen molar-refractivity contribution >= 4 is 21.9 Å². The molecule has 0 atom stereocenters. The maximum Gasteiger partial charge on any atom is 0.138 e. The fourth-order valence-corrected chi connectivity index (χ4v) is 3.27. The molecule has 4 aromatic rings. The average Bonchev–Trinajstić information content (AvgIpc) is 3.13. The Kier molecular flexibility index (Phi) is 3.00. The van der Waals surface area contributed by atoms with Crippen molar-refractivity contribution in [1.29, 1.82) is 0 Å². The maximum atomic E-state index is 4.50. The molecule has 0 spiro atoms. The lowest BCUT2D eigenvalue weighted by atomic mass is 9.95. The van der Waals surface area contributed by atoms with E-state index in [-0.39, 0.29) is 0 Å². The van der Waals surface area contributed by atoms with Crippen LogP contribution in [-0.4, -0.2) is 15.0 Å². The zero-order chi connectivity index (χ0) is 15.1. The highest BCUT2D eigenvalue weighted by molar-refractivity contribution is 6.04. The number of rotatable bonds is 3.